The van der Waals surface area contributed by atoms with Crippen molar-refractivity contribution in [2.45, 2.75) is 0 Å². The Morgan fingerprint density at radius 3 is 1.39 bits per heavy atom. The molecule has 9 aromatic rings. The maximum atomic E-state index is 2.43. The van der Waals surface area contributed by atoms with Gasteiger partial charge in [0.2, 0.25) is 0 Å². The Kier molecular flexibility index (Phi) is 4.87. The zero-order chi connectivity index (χ0) is 26.9. The summed E-state index contributed by atoms with van der Waals surface area (Å²) >= 11 is 1.93. The third-order valence-corrected chi connectivity index (χ3v) is 9.82. The van der Waals surface area contributed by atoms with Crippen molar-refractivity contribution in [3.63, 3.8) is 0 Å². The van der Waals surface area contributed by atoms with Gasteiger partial charge >= 0.3 is 0 Å². The molecule has 0 atom stereocenters. The summed E-state index contributed by atoms with van der Waals surface area (Å²) in [6.45, 7) is 0. The summed E-state index contributed by atoms with van der Waals surface area (Å²) < 4.78 is 2.71. The van der Waals surface area contributed by atoms with Gasteiger partial charge in [-0.1, -0.05) is 140 Å². The highest BCUT2D eigenvalue weighted by atomic mass is 32.1. The predicted molar refractivity (Wildman–Crippen MR) is 180 cm³/mol. The van der Waals surface area contributed by atoms with Crippen molar-refractivity contribution in [1.82, 2.24) is 0 Å². The number of thiophene rings is 1. The molecule has 41 heavy (non-hydrogen) atoms. The van der Waals surface area contributed by atoms with Gasteiger partial charge in [0.1, 0.15) is 0 Å². The summed E-state index contributed by atoms with van der Waals surface area (Å²) in [6, 6.07) is 53.5. The Labute approximate surface area is 241 Å². The molecule has 0 aliphatic rings. The van der Waals surface area contributed by atoms with Gasteiger partial charge < -0.3 is 0 Å². The lowest BCUT2D eigenvalue weighted by molar-refractivity contribution is 1.66. The lowest BCUT2D eigenvalue weighted by Gasteiger charge is -2.17. The average Bonchev–Trinajstić information content (AvgIpc) is 3.43. The van der Waals surface area contributed by atoms with E-state index < -0.39 is 0 Å². The molecule has 1 heteroatoms. The highest BCUT2D eigenvalue weighted by molar-refractivity contribution is 7.27. The van der Waals surface area contributed by atoms with E-state index in [4.69, 9.17) is 0 Å². The molecular formula is C40H24S. The van der Waals surface area contributed by atoms with Crippen LogP contribution in [0.1, 0.15) is 0 Å². The van der Waals surface area contributed by atoms with E-state index in [1.807, 2.05) is 11.3 Å². The standard InChI is InChI=1S/C40H24S/c1-2-12-25(13-3-1)37-30-17-7-9-19-32(30)38(33-20-10-8-18-31(33)37)26-22-23-35-36(24-26)41-40-34-21-11-5-15-28(34)27-14-4-6-16-29(27)39(35)40/h1-24H. The van der Waals surface area contributed by atoms with Gasteiger partial charge in [-0.15, -0.1) is 11.3 Å². The van der Waals surface area contributed by atoms with E-state index in [2.05, 4.69) is 146 Å². The molecule has 0 bridgehead atoms. The van der Waals surface area contributed by atoms with Crippen molar-refractivity contribution in [3.8, 4) is 22.3 Å². The molecule has 9 rings (SSSR count). The van der Waals surface area contributed by atoms with Gasteiger partial charge in [0.15, 0.2) is 0 Å². The smallest absolute Gasteiger partial charge is 0.0440 e. The van der Waals surface area contributed by atoms with Crippen LogP contribution in [0.25, 0.3) is 85.5 Å². The molecule has 1 aromatic heterocycles. The number of fused-ring (bicyclic) bond motifs is 10. The molecule has 0 amide bonds. The Balaban J connectivity index is 1.40. The molecule has 0 aliphatic carbocycles. The fraction of sp³-hybridized carbons (Fsp3) is 0. The minimum atomic E-state index is 1.25. The molecule has 190 valence electrons. The fourth-order valence-corrected chi connectivity index (χ4v) is 8.21. The summed E-state index contributed by atoms with van der Waals surface area (Å²) in [5, 5.41) is 13.2. The molecule has 0 fully saturated rings. The quantitative estimate of drug-likeness (QED) is 0.152. The van der Waals surface area contributed by atoms with Crippen LogP contribution in [0.5, 0.6) is 0 Å². The van der Waals surface area contributed by atoms with Crippen molar-refractivity contribution < 1.29 is 0 Å². The second-order valence-corrected chi connectivity index (χ2v) is 11.9. The lowest BCUT2D eigenvalue weighted by atomic mass is 9.86. The fourth-order valence-electron chi connectivity index (χ4n) is 6.92. The van der Waals surface area contributed by atoms with Crippen LogP contribution in [0.15, 0.2) is 146 Å². The van der Waals surface area contributed by atoms with Gasteiger partial charge in [-0.2, -0.15) is 0 Å². The zero-order valence-electron chi connectivity index (χ0n) is 22.3. The number of benzene rings is 8. The molecule has 0 saturated carbocycles. The predicted octanol–water partition coefficient (Wildman–Crippen LogP) is 12.0. The van der Waals surface area contributed by atoms with Crippen LogP contribution in [0, 0.1) is 0 Å². The Morgan fingerprint density at radius 1 is 0.317 bits per heavy atom. The lowest BCUT2D eigenvalue weighted by Crippen LogP contribution is -1.90. The largest absolute Gasteiger partial charge is 0.134 e. The van der Waals surface area contributed by atoms with Crippen molar-refractivity contribution in [2.24, 2.45) is 0 Å². The van der Waals surface area contributed by atoms with Crippen LogP contribution in [-0.4, -0.2) is 0 Å². The van der Waals surface area contributed by atoms with E-state index in [-0.39, 0.29) is 0 Å². The SMILES string of the molecule is c1ccc(-c2c3ccccc3c(-c3ccc4c(c3)sc3c5ccccc5c5ccccc5c43)c3ccccc23)cc1. The van der Waals surface area contributed by atoms with Crippen LogP contribution in [0.3, 0.4) is 0 Å². The van der Waals surface area contributed by atoms with Crippen LogP contribution < -0.4 is 0 Å². The summed E-state index contributed by atoms with van der Waals surface area (Å²) in [5.74, 6) is 0. The molecule has 0 N–H and O–H groups in total. The van der Waals surface area contributed by atoms with Crippen LogP contribution in [-0.2, 0) is 0 Å². The van der Waals surface area contributed by atoms with E-state index in [1.165, 1.54) is 85.5 Å². The Morgan fingerprint density at radius 2 is 0.780 bits per heavy atom. The molecule has 0 saturated heterocycles. The molecule has 0 radical (unpaired) electrons. The van der Waals surface area contributed by atoms with Gasteiger partial charge in [-0.25, -0.2) is 0 Å². The monoisotopic (exact) mass is 536 g/mol. The number of rotatable bonds is 2. The van der Waals surface area contributed by atoms with Crippen LogP contribution in [0.4, 0.5) is 0 Å². The third kappa shape index (κ3) is 3.27. The van der Waals surface area contributed by atoms with E-state index in [0.717, 1.165) is 0 Å². The highest BCUT2D eigenvalue weighted by Gasteiger charge is 2.18. The topological polar surface area (TPSA) is 0 Å². The van der Waals surface area contributed by atoms with Crippen molar-refractivity contribution in [3.05, 3.63) is 146 Å². The first-order valence-electron chi connectivity index (χ1n) is 14.1. The van der Waals surface area contributed by atoms with Crippen molar-refractivity contribution in [1.29, 1.82) is 0 Å². The summed E-state index contributed by atoms with van der Waals surface area (Å²) in [7, 11) is 0. The van der Waals surface area contributed by atoms with E-state index in [0.29, 0.717) is 0 Å². The first kappa shape index (κ1) is 22.8. The Bertz CT molecular complexity index is 2410. The number of hydrogen-bond acceptors (Lipinski definition) is 1. The average molecular weight is 537 g/mol. The first-order chi connectivity index (χ1) is 20.4. The maximum absolute atomic E-state index is 2.43. The molecule has 0 aliphatic heterocycles. The van der Waals surface area contributed by atoms with Gasteiger partial charge in [0, 0.05) is 25.6 Å². The van der Waals surface area contributed by atoms with E-state index >= 15 is 0 Å². The minimum absolute atomic E-state index is 1.25. The van der Waals surface area contributed by atoms with E-state index in [9.17, 15) is 0 Å². The van der Waals surface area contributed by atoms with Crippen molar-refractivity contribution >= 4 is 74.6 Å². The molecule has 0 spiro atoms. The van der Waals surface area contributed by atoms with Gasteiger partial charge in [0.25, 0.3) is 0 Å². The molecule has 1 heterocycles. The molecule has 0 nitrogen and oxygen atoms in total. The third-order valence-electron chi connectivity index (χ3n) is 8.63. The Hall–Kier alpha value is -4.98. The van der Waals surface area contributed by atoms with Gasteiger partial charge in [0.05, 0.1) is 0 Å². The van der Waals surface area contributed by atoms with Crippen LogP contribution >= 0.6 is 11.3 Å². The number of hydrogen-bond donors (Lipinski definition) is 0. The molecule has 0 unspecified atom stereocenters. The molecular weight excluding hydrogens is 513 g/mol. The summed E-state index contributed by atoms with van der Waals surface area (Å²) in [6.07, 6.45) is 0. The van der Waals surface area contributed by atoms with Gasteiger partial charge in [-0.05, 0) is 66.0 Å². The van der Waals surface area contributed by atoms with E-state index in [1.54, 1.807) is 0 Å². The molecule has 8 aromatic carbocycles. The zero-order valence-corrected chi connectivity index (χ0v) is 23.1. The van der Waals surface area contributed by atoms with Gasteiger partial charge in [-0.3, -0.25) is 0 Å². The normalized spacial score (nSPS) is 11.9. The van der Waals surface area contributed by atoms with Crippen LogP contribution in [0.2, 0.25) is 0 Å². The summed E-state index contributed by atoms with van der Waals surface area (Å²) in [4.78, 5) is 0. The first-order valence-corrected chi connectivity index (χ1v) is 14.9. The van der Waals surface area contributed by atoms with Crippen molar-refractivity contribution in [2.75, 3.05) is 0 Å². The minimum Gasteiger partial charge on any atom is -0.134 e. The second kappa shape index (κ2) is 8.76. The highest BCUT2D eigenvalue weighted by Crippen LogP contribution is 2.47. The maximum Gasteiger partial charge on any atom is 0.0440 e. The summed E-state index contributed by atoms with van der Waals surface area (Å²) in [5.41, 5.74) is 5.14. The second-order valence-electron chi connectivity index (χ2n) is 10.8.